The van der Waals surface area contributed by atoms with Crippen LogP contribution in [0.5, 0.6) is 0 Å². The lowest BCUT2D eigenvalue weighted by Crippen LogP contribution is -2.32. The zero-order chi connectivity index (χ0) is 20.5. The second-order valence-electron chi connectivity index (χ2n) is 8.04. The van der Waals surface area contributed by atoms with Crippen LogP contribution >= 0.6 is 0 Å². The van der Waals surface area contributed by atoms with E-state index in [2.05, 4.69) is 25.5 Å². The molecular weight excluding hydrogens is 377 g/mol. The monoisotopic (exact) mass is 401 g/mol. The molecule has 6 heteroatoms. The van der Waals surface area contributed by atoms with Crippen molar-refractivity contribution in [3.8, 4) is 11.3 Å². The number of piperidine rings is 1. The van der Waals surface area contributed by atoms with E-state index in [1.54, 1.807) is 6.20 Å². The third-order valence-corrected chi connectivity index (χ3v) is 5.99. The van der Waals surface area contributed by atoms with Crippen LogP contribution < -0.4 is 0 Å². The molecule has 3 aromatic heterocycles. The fraction of sp³-hybridized carbons (Fsp3) is 0.292. The molecule has 30 heavy (non-hydrogen) atoms. The second-order valence-corrected chi connectivity index (χ2v) is 8.04. The van der Waals surface area contributed by atoms with Crippen molar-refractivity contribution in [2.24, 2.45) is 7.05 Å². The molecule has 0 atom stereocenters. The number of fused-ring (bicyclic) bond motifs is 1. The van der Waals surface area contributed by atoms with E-state index in [-0.39, 0.29) is 5.82 Å². The van der Waals surface area contributed by atoms with E-state index in [4.69, 9.17) is 4.98 Å². The quantitative estimate of drug-likeness (QED) is 0.503. The number of nitrogens with zero attached hydrogens (tertiary/aromatic N) is 5. The number of aromatic nitrogens is 4. The Morgan fingerprint density at radius 1 is 1.10 bits per heavy atom. The lowest BCUT2D eigenvalue weighted by atomic mass is 9.92. The van der Waals surface area contributed by atoms with Crippen LogP contribution in [0, 0.1) is 5.82 Å². The molecule has 0 N–H and O–H groups in total. The van der Waals surface area contributed by atoms with Gasteiger partial charge in [0.25, 0.3) is 0 Å². The molecule has 0 saturated carbocycles. The lowest BCUT2D eigenvalue weighted by molar-refractivity contribution is 0.203. The average molecular weight is 401 g/mol. The van der Waals surface area contributed by atoms with E-state index < -0.39 is 0 Å². The van der Waals surface area contributed by atoms with Crippen molar-refractivity contribution in [2.45, 2.75) is 25.3 Å². The molecule has 5 nitrogen and oxygen atoms in total. The van der Waals surface area contributed by atoms with Gasteiger partial charge in [-0.2, -0.15) is 0 Å². The van der Waals surface area contributed by atoms with Crippen LogP contribution in [0.25, 0.3) is 22.3 Å². The molecule has 0 amide bonds. The Hall–Kier alpha value is -3.12. The number of hydrogen-bond donors (Lipinski definition) is 0. The first kappa shape index (κ1) is 18.9. The summed E-state index contributed by atoms with van der Waals surface area (Å²) in [5, 5.41) is 0. The zero-order valence-corrected chi connectivity index (χ0v) is 17.0. The van der Waals surface area contributed by atoms with Gasteiger partial charge < -0.3 is 4.57 Å². The molecule has 4 aromatic rings. The highest BCUT2D eigenvalue weighted by Gasteiger charge is 2.24. The van der Waals surface area contributed by atoms with E-state index in [1.807, 2.05) is 43.8 Å². The lowest BCUT2D eigenvalue weighted by Gasteiger charge is -2.32. The highest BCUT2D eigenvalue weighted by atomic mass is 19.1. The first-order chi connectivity index (χ1) is 14.7. The number of pyridine rings is 2. The van der Waals surface area contributed by atoms with E-state index in [0.717, 1.165) is 66.0 Å². The van der Waals surface area contributed by atoms with Crippen molar-refractivity contribution < 1.29 is 4.39 Å². The summed E-state index contributed by atoms with van der Waals surface area (Å²) in [6.07, 6.45) is 7.60. The maximum absolute atomic E-state index is 13.1. The minimum absolute atomic E-state index is 0.182. The third kappa shape index (κ3) is 3.71. The molecule has 1 saturated heterocycles. The molecule has 0 bridgehead atoms. The van der Waals surface area contributed by atoms with Crippen LogP contribution in [0.15, 0.2) is 61.2 Å². The van der Waals surface area contributed by atoms with Crippen LogP contribution in [-0.2, 0) is 13.6 Å². The number of aryl methyl sites for hydroxylation is 1. The first-order valence-corrected chi connectivity index (χ1v) is 10.4. The predicted molar refractivity (Wildman–Crippen MR) is 115 cm³/mol. The zero-order valence-electron chi connectivity index (χ0n) is 17.0. The van der Waals surface area contributed by atoms with Gasteiger partial charge in [-0.15, -0.1) is 0 Å². The minimum atomic E-state index is -0.182. The third-order valence-electron chi connectivity index (χ3n) is 5.99. The summed E-state index contributed by atoms with van der Waals surface area (Å²) in [5.41, 5.74) is 6.21. The maximum Gasteiger partial charge on any atom is 0.123 e. The van der Waals surface area contributed by atoms with Gasteiger partial charge in [-0.25, -0.2) is 9.37 Å². The standard InChI is InChI=1S/C24H24FN5/c1-29-16-27-24-22(29)13-21(28-23(24)19-3-2-10-26-14-19)18-8-11-30(12-9-18)15-17-4-6-20(25)7-5-17/h2-7,10,13-14,16,18H,8-9,11-12,15H2,1H3. The molecule has 1 fully saturated rings. The van der Waals surface area contributed by atoms with Crippen molar-refractivity contribution in [2.75, 3.05) is 13.1 Å². The average Bonchev–Trinajstić information content (AvgIpc) is 3.17. The normalized spacial score (nSPS) is 15.7. The molecular formula is C24H24FN5. The van der Waals surface area contributed by atoms with Gasteiger partial charge in [-0.3, -0.25) is 14.9 Å². The van der Waals surface area contributed by atoms with Gasteiger partial charge in [0.05, 0.1) is 17.5 Å². The number of benzene rings is 1. The summed E-state index contributed by atoms with van der Waals surface area (Å²) in [5.74, 6) is 0.239. The van der Waals surface area contributed by atoms with E-state index >= 15 is 0 Å². The summed E-state index contributed by atoms with van der Waals surface area (Å²) < 4.78 is 15.2. The summed E-state index contributed by atoms with van der Waals surface area (Å²) in [4.78, 5) is 16.3. The molecule has 4 heterocycles. The Bertz CT molecular complexity index is 1150. The van der Waals surface area contributed by atoms with Crippen LogP contribution in [0.1, 0.15) is 30.0 Å². The molecule has 0 radical (unpaired) electrons. The molecule has 1 aromatic carbocycles. The Morgan fingerprint density at radius 2 is 1.90 bits per heavy atom. The highest BCUT2D eigenvalue weighted by molar-refractivity contribution is 5.89. The van der Waals surface area contributed by atoms with Gasteiger partial charge in [0.15, 0.2) is 0 Å². The topological polar surface area (TPSA) is 46.8 Å². The fourth-order valence-electron chi connectivity index (χ4n) is 4.29. The smallest absolute Gasteiger partial charge is 0.123 e. The molecule has 0 aliphatic carbocycles. The SMILES string of the molecule is Cn1cnc2c(-c3cccnc3)nc(C3CCN(Cc4ccc(F)cc4)CC3)cc21. The van der Waals surface area contributed by atoms with Gasteiger partial charge in [0, 0.05) is 43.2 Å². The molecule has 0 unspecified atom stereocenters. The van der Waals surface area contributed by atoms with E-state index in [0.29, 0.717) is 5.92 Å². The van der Waals surface area contributed by atoms with Crippen molar-refractivity contribution in [1.82, 2.24) is 24.4 Å². The number of hydrogen-bond acceptors (Lipinski definition) is 4. The fourth-order valence-corrected chi connectivity index (χ4v) is 4.29. The Labute approximate surface area is 175 Å². The summed E-state index contributed by atoms with van der Waals surface area (Å²) >= 11 is 0. The van der Waals surface area contributed by atoms with Crippen molar-refractivity contribution >= 4 is 11.0 Å². The van der Waals surface area contributed by atoms with E-state index in [9.17, 15) is 4.39 Å². The second kappa shape index (κ2) is 7.95. The molecule has 0 spiro atoms. The summed E-state index contributed by atoms with van der Waals surface area (Å²) in [7, 11) is 2.03. The highest BCUT2D eigenvalue weighted by Crippen LogP contribution is 2.33. The van der Waals surface area contributed by atoms with Gasteiger partial charge in [-0.1, -0.05) is 12.1 Å². The summed E-state index contributed by atoms with van der Waals surface area (Å²) in [6.45, 7) is 2.88. The van der Waals surface area contributed by atoms with Crippen LogP contribution in [0.4, 0.5) is 4.39 Å². The van der Waals surface area contributed by atoms with E-state index in [1.165, 1.54) is 12.1 Å². The van der Waals surface area contributed by atoms with Crippen LogP contribution in [0.2, 0.25) is 0 Å². The first-order valence-electron chi connectivity index (χ1n) is 10.4. The Balaban J connectivity index is 1.38. The number of imidazole rings is 1. The Kier molecular flexibility index (Phi) is 5.01. The largest absolute Gasteiger partial charge is 0.334 e. The predicted octanol–water partition coefficient (Wildman–Crippen LogP) is 4.55. The minimum Gasteiger partial charge on any atom is -0.334 e. The van der Waals surface area contributed by atoms with Gasteiger partial charge in [-0.05, 0) is 61.8 Å². The van der Waals surface area contributed by atoms with Crippen LogP contribution in [-0.4, -0.2) is 37.5 Å². The molecule has 5 rings (SSSR count). The van der Waals surface area contributed by atoms with Crippen molar-refractivity contribution in [3.63, 3.8) is 0 Å². The maximum atomic E-state index is 13.1. The van der Waals surface area contributed by atoms with Crippen molar-refractivity contribution in [3.05, 3.63) is 78.3 Å². The molecule has 1 aliphatic heterocycles. The van der Waals surface area contributed by atoms with Gasteiger partial charge >= 0.3 is 0 Å². The van der Waals surface area contributed by atoms with Crippen molar-refractivity contribution in [1.29, 1.82) is 0 Å². The van der Waals surface area contributed by atoms with Crippen LogP contribution in [0.3, 0.4) is 0 Å². The Morgan fingerprint density at radius 3 is 2.63 bits per heavy atom. The number of rotatable bonds is 4. The van der Waals surface area contributed by atoms with Gasteiger partial charge in [0.2, 0.25) is 0 Å². The number of halogens is 1. The van der Waals surface area contributed by atoms with Gasteiger partial charge in [0.1, 0.15) is 11.3 Å². The molecule has 1 aliphatic rings. The summed E-state index contributed by atoms with van der Waals surface area (Å²) in [6, 6.07) is 13.0. The number of likely N-dealkylation sites (tertiary alicyclic amines) is 1. The molecule has 152 valence electrons.